The fraction of sp³-hybridized carbons (Fsp3) is 0.792. The van der Waals surface area contributed by atoms with Crippen LogP contribution in [0.15, 0.2) is 0 Å². The Kier molecular flexibility index (Phi) is 6.89. The minimum atomic E-state index is -1.15. The molecule has 0 atom stereocenters. The smallest absolute Gasteiger partial charge is 0.308 e. The van der Waals surface area contributed by atoms with Gasteiger partial charge in [-0.05, 0) is 63.7 Å². The lowest BCUT2D eigenvalue weighted by Gasteiger charge is -2.36. The first kappa shape index (κ1) is 23.2. The number of carbonyl (C=O) groups is 2. The van der Waals surface area contributed by atoms with Crippen LogP contribution in [0.2, 0.25) is 0 Å². The monoisotopic (exact) mass is 449 g/mol. The van der Waals surface area contributed by atoms with Crippen LogP contribution in [0.1, 0.15) is 80.5 Å². The summed E-state index contributed by atoms with van der Waals surface area (Å²) in [6, 6.07) is 0. The zero-order valence-corrected chi connectivity index (χ0v) is 19.4. The highest BCUT2D eigenvalue weighted by molar-refractivity contribution is 5.97. The molecule has 32 heavy (non-hydrogen) atoms. The summed E-state index contributed by atoms with van der Waals surface area (Å²) in [5, 5.41) is 7.88. The van der Waals surface area contributed by atoms with Crippen LogP contribution >= 0.6 is 0 Å². The number of amides is 1. The minimum Gasteiger partial charge on any atom is -0.465 e. The van der Waals surface area contributed by atoms with Crippen molar-refractivity contribution in [3.05, 3.63) is 17.0 Å². The second kappa shape index (κ2) is 9.49. The molecule has 0 unspecified atom stereocenters. The van der Waals surface area contributed by atoms with Crippen molar-refractivity contribution in [2.75, 3.05) is 26.4 Å². The summed E-state index contributed by atoms with van der Waals surface area (Å²) in [5.74, 6) is -0.437. The Morgan fingerprint density at radius 1 is 1.28 bits per heavy atom. The second-order valence-corrected chi connectivity index (χ2v) is 10.0. The average molecular weight is 450 g/mol. The summed E-state index contributed by atoms with van der Waals surface area (Å²) >= 11 is 0. The quantitative estimate of drug-likeness (QED) is 0.532. The molecule has 1 spiro atoms. The van der Waals surface area contributed by atoms with Crippen LogP contribution in [0.4, 0.5) is 4.39 Å². The van der Waals surface area contributed by atoms with Crippen LogP contribution in [0.3, 0.4) is 0 Å². The Hall–Kier alpha value is -1.96. The van der Waals surface area contributed by atoms with Crippen LogP contribution in [0, 0.1) is 11.3 Å². The summed E-state index contributed by atoms with van der Waals surface area (Å²) in [5.41, 5.74) is 1.42. The van der Waals surface area contributed by atoms with Crippen molar-refractivity contribution in [2.24, 2.45) is 11.3 Å². The van der Waals surface area contributed by atoms with Gasteiger partial charge in [-0.3, -0.25) is 14.3 Å². The van der Waals surface area contributed by atoms with Crippen LogP contribution in [0.5, 0.6) is 0 Å². The zero-order chi connectivity index (χ0) is 22.8. The molecule has 2 fully saturated rings. The average Bonchev–Trinajstić information content (AvgIpc) is 3.05. The molecular formula is C24H36FN3O4. The van der Waals surface area contributed by atoms with Gasteiger partial charge in [0.15, 0.2) is 0 Å². The molecule has 8 heteroatoms. The summed E-state index contributed by atoms with van der Waals surface area (Å²) in [4.78, 5) is 25.2. The third kappa shape index (κ3) is 5.00. The van der Waals surface area contributed by atoms with Gasteiger partial charge in [0, 0.05) is 32.7 Å². The van der Waals surface area contributed by atoms with E-state index in [4.69, 9.17) is 14.6 Å². The number of ether oxygens (including phenoxy) is 2. The Labute approximate surface area is 189 Å². The van der Waals surface area contributed by atoms with E-state index in [9.17, 15) is 14.0 Å². The number of rotatable bonds is 6. The van der Waals surface area contributed by atoms with E-state index in [-0.39, 0.29) is 23.2 Å². The van der Waals surface area contributed by atoms with Gasteiger partial charge in [-0.15, -0.1) is 0 Å². The Morgan fingerprint density at radius 2 is 2.00 bits per heavy atom. The molecule has 4 rings (SSSR count). The fourth-order valence-electron chi connectivity index (χ4n) is 5.32. The zero-order valence-electron chi connectivity index (χ0n) is 19.4. The van der Waals surface area contributed by atoms with Gasteiger partial charge in [0.1, 0.15) is 5.67 Å². The van der Waals surface area contributed by atoms with E-state index in [1.807, 2.05) is 11.6 Å². The Bertz CT molecular complexity index is 835. The lowest BCUT2D eigenvalue weighted by molar-refractivity contribution is -0.150. The van der Waals surface area contributed by atoms with E-state index in [1.54, 1.807) is 6.92 Å². The Morgan fingerprint density at radius 3 is 2.69 bits per heavy atom. The van der Waals surface area contributed by atoms with E-state index in [1.165, 1.54) is 0 Å². The number of alkyl halides is 1. The minimum absolute atomic E-state index is 0.0142. The molecule has 1 aromatic rings. The van der Waals surface area contributed by atoms with Gasteiger partial charge in [0.25, 0.3) is 5.91 Å². The first-order valence-electron chi connectivity index (χ1n) is 12.1. The van der Waals surface area contributed by atoms with E-state index in [0.29, 0.717) is 58.2 Å². The predicted molar refractivity (Wildman–Crippen MR) is 117 cm³/mol. The van der Waals surface area contributed by atoms with Crippen molar-refractivity contribution in [2.45, 2.75) is 83.8 Å². The maximum Gasteiger partial charge on any atom is 0.308 e. The second-order valence-electron chi connectivity index (χ2n) is 10.0. The normalized spacial score (nSPS) is 27.5. The third-order valence-electron chi connectivity index (χ3n) is 7.53. The number of hydrogen-bond acceptors (Lipinski definition) is 5. The number of nitrogens with one attached hydrogen (secondary N) is 1. The van der Waals surface area contributed by atoms with Crippen LogP contribution in [-0.4, -0.2) is 53.7 Å². The molecule has 0 bridgehead atoms. The predicted octanol–water partition coefficient (Wildman–Crippen LogP) is 3.38. The molecule has 178 valence electrons. The van der Waals surface area contributed by atoms with Gasteiger partial charge in [0.05, 0.1) is 29.5 Å². The number of esters is 1. The first-order valence-corrected chi connectivity index (χ1v) is 12.1. The number of fused-ring (bicyclic) bond motifs is 1. The maximum absolute atomic E-state index is 14.0. The number of aryl methyl sites for hydroxylation is 2. The highest BCUT2D eigenvalue weighted by Gasteiger charge is 2.39. The van der Waals surface area contributed by atoms with Crippen LogP contribution in [0.25, 0.3) is 0 Å². The van der Waals surface area contributed by atoms with Gasteiger partial charge < -0.3 is 14.8 Å². The van der Waals surface area contributed by atoms with Gasteiger partial charge in [0.2, 0.25) is 0 Å². The van der Waals surface area contributed by atoms with E-state index >= 15 is 0 Å². The Balaban J connectivity index is 1.38. The van der Waals surface area contributed by atoms with Crippen molar-refractivity contribution < 1.29 is 23.5 Å². The van der Waals surface area contributed by atoms with Crippen molar-refractivity contribution in [3.63, 3.8) is 0 Å². The van der Waals surface area contributed by atoms with Crippen LogP contribution in [-0.2, 0) is 33.7 Å². The molecule has 0 radical (unpaired) electrons. The van der Waals surface area contributed by atoms with E-state index in [2.05, 4.69) is 5.32 Å². The molecule has 0 aromatic carbocycles. The van der Waals surface area contributed by atoms with Crippen molar-refractivity contribution in [1.29, 1.82) is 0 Å². The largest absolute Gasteiger partial charge is 0.465 e. The maximum atomic E-state index is 14.0. The SMILES string of the molecule is CCc1nn(CCCOC(=O)C2CCC(C)(F)CC2)c2c1C(=O)NCC1(CCOCC1)C2. The molecular weight excluding hydrogens is 413 g/mol. The number of nitrogens with zero attached hydrogens (tertiary/aromatic N) is 2. The lowest BCUT2D eigenvalue weighted by Crippen LogP contribution is -2.40. The van der Waals surface area contributed by atoms with Crippen LogP contribution < -0.4 is 5.32 Å². The van der Waals surface area contributed by atoms with Crippen molar-refractivity contribution >= 4 is 11.9 Å². The number of hydrogen-bond donors (Lipinski definition) is 1. The van der Waals surface area contributed by atoms with E-state index < -0.39 is 5.67 Å². The number of aromatic nitrogens is 2. The summed E-state index contributed by atoms with van der Waals surface area (Å²) < 4.78 is 27.0. The van der Waals surface area contributed by atoms with Gasteiger partial charge >= 0.3 is 5.97 Å². The molecule has 1 aromatic heterocycles. The van der Waals surface area contributed by atoms with Crippen molar-refractivity contribution in [1.82, 2.24) is 15.1 Å². The van der Waals surface area contributed by atoms with E-state index in [0.717, 1.165) is 49.4 Å². The first-order chi connectivity index (χ1) is 15.3. The molecule has 3 heterocycles. The molecule has 7 nitrogen and oxygen atoms in total. The molecule has 1 saturated carbocycles. The number of halogens is 1. The molecule has 2 aliphatic heterocycles. The molecule has 3 aliphatic rings. The van der Waals surface area contributed by atoms with Gasteiger partial charge in [-0.25, -0.2) is 4.39 Å². The highest BCUT2D eigenvalue weighted by Crippen LogP contribution is 2.37. The standard InChI is InChI=1S/C24H36FN3O4/c1-3-18-20-19(15-24(16-26-21(20)29)9-13-31-14-10-24)28(27-18)11-4-12-32-22(30)17-5-7-23(2,25)8-6-17/h17H,3-16H2,1-2H3,(H,26,29). The van der Waals surface area contributed by atoms with Crippen molar-refractivity contribution in [3.8, 4) is 0 Å². The highest BCUT2D eigenvalue weighted by atomic mass is 19.1. The van der Waals surface area contributed by atoms with Gasteiger partial charge in [-0.2, -0.15) is 5.10 Å². The van der Waals surface area contributed by atoms with Gasteiger partial charge in [-0.1, -0.05) is 6.92 Å². The molecule has 1 N–H and O–H groups in total. The summed E-state index contributed by atoms with van der Waals surface area (Å²) in [6.45, 7) is 6.65. The lowest BCUT2D eigenvalue weighted by atomic mass is 9.76. The summed E-state index contributed by atoms with van der Waals surface area (Å²) in [6.07, 6.45) is 5.94. The fourth-order valence-corrected chi connectivity index (χ4v) is 5.32. The molecule has 1 aliphatic carbocycles. The number of carbonyl (C=O) groups excluding carboxylic acids is 2. The molecule has 1 saturated heterocycles. The third-order valence-corrected chi connectivity index (χ3v) is 7.53. The summed E-state index contributed by atoms with van der Waals surface area (Å²) in [7, 11) is 0. The topological polar surface area (TPSA) is 82.5 Å². The molecule has 1 amide bonds.